The van der Waals surface area contributed by atoms with E-state index in [4.69, 9.17) is 0 Å². The normalized spacial score (nSPS) is 18.5. The van der Waals surface area contributed by atoms with Crippen molar-refractivity contribution in [2.45, 2.75) is 38.6 Å². The summed E-state index contributed by atoms with van der Waals surface area (Å²) in [6.07, 6.45) is 1.26. The minimum Gasteiger partial charge on any atom is -0.481 e. The molecule has 0 bridgehead atoms. The number of hydrogen-bond acceptors (Lipinski definition) is 6. The number of aliphatic carboxylic acids is 1. The Morgan fingerprint density at radius 2 is 1.79 bits per heavy atom. The molecule has 1 aromatic carbocycles. The van der Waals surface area contributed by atoms with Crippen molar-refractivity contribution in [1.29, 1.82) is 0 Å². The standard InChI is InChI=1S/C25H28N4O4S/c1-17-8-4-5-9-19(17)23-18(2)12-13-20(26-23)28-34(32,33)22-11-6-10-21(27-22)29-15-7-14-25(3,16-29)24(30)31/h4-6,8-13H,7,14-16H2,1-3H3,(H,26,28)(H,30,31)/t25-/m1/s1. The number of sulfonamides is 1. The van der Waals surface area contributed by atoms with Crippen LogP contribution in [0.4, 0.5) is 11.6 Å². The molecule has 0 aliphatic carbocycles. The Labute approximate surface area is 199 Å². The van der Waals surface area contributed by atoms with E-state index >= 15 is 0 Å². The maximum Gasteiger partial charge on any atom is 0.311 e. The van der Waals surface area contributed by atoms with Gasteiger partial charge in [-0.3, -0.25) is 9.52 Å². The number of hydrogen-bond donors (Lipinski definition) is 2. The summed E-state index contributed by atoms with van der Waals surface area (Å²) in [7, 11) is -4.01. The van der Waals surface area contributed by atoms with Crippen molar-refractivity contribution in [3.05, 3.63) is 65.7 Å². The highest BCUT2D eigenvalue weighted by molar-refractivity contribution is 7.92. The fourth-order valence-corrected chi connectivity index (χ4v) is 5.19. The number of carboxylic acids is 1. The van der Waals surface area contributed by atoms with Crippen LogP contribution in [0.1, 0.15) is 30.9 Å². The van der Waals surface area contributed by atoms with Gasteiger partial charge < -0.3 is 10.0 Å². The Morgan fingerprint density at radius 1 is 1.03 bits per heavy atom. The van der Waals surface area contributed by atoms with Crippen LogP contribution in [0.3, 0.4) is 0 Å². The number of carboxylic acid groups (broad SMARTS) is 1. The van der Waals surface area contributed by atoms with Gasteiger partial charge in [0, 0.05) is 18.7 Å². The molecule has 34 heavy (non-hydrogen) atoms. The van der Waals surface area contributed by atoms with E-state index in [1.165, 1.54) is 6.07 Å². The molecule has 1 atom stereocenters. The topological polar surface area (TPSA) is 112 Å². The number of anilines is 2. The zero-order chi connectivity index (χ0) is 24.5. The molecule has 4 rings (SSSR count). The van der Waals surface area contributed by atoms with E-state index < -0.39 is 21.4 Å². The molecule has 0 spiro atoms. The fraction of sp³-hybridized carbons (Fsp3) is 0.320. The summed E-state index contributed by atoms with van der Waals surface area (Å²) in [5.74, 6) is -0.224. The van der Waals surface area contributed by atoms with Crippen LogP contribution in [-0.2, 0) is 14.8 Å². The first-order chi connectivity index (χ1) is 16.1. The Balaban J connectivity index is 1.61. The zero-order valence-electron chi connectivity index (χ0n) is 19.4. The first-order valence-electron chi connectivity index (χ1n) is 11.1. The van der Waals surface area contributed by atoms with Crippen molar-refractivity contribution in [3.8, 4) is 11.3 Å². The molecule has 2 N–H and O–H groups in total. The predicted molar refractivity (Wildman–Crippen MR) is 131 cm³/mol. The molecule has 8 nitrogen and oxygen atoms in total. The summed E-state index contributed by atoms with van der Waals surface area (Å²) in [5, 5.41) is 9.45. The second-order valence-corrected chi connectivity index (χ2v) is 10.6. The van der Waals surface area contributed by atoms with Crippen LogP contribution in [0.5, 0.6) is 0 Å². The van der Waals surface area contributed by atoms with E-state index in [9.17, 15) is 18.3 Å². The summed E-state index contributed by atoms with van der Waals surface area (Å²) in [5.41, 5.74) is 2.73. The highest BCUT2D eigenvalue weighted by Crippen LogP contribution is 2.32. The molecule has 1 aliphatic heterocycles. The van der Waals surface area contributed by atoms with Crippen LogP contribution in [0, 0.1) is 19.3 Å². The lowest BCUT2D eigenvalue weighted by molar-refractivity contribution is -0.148. The third-order valence-corrected chi connectivity index (χ3v) is 7.51. The van der Waals surface area contributed by atoms with Gasteiger partial charge in [-0.1, -0.05) is 36.4 Å². The summed E-state index contributed by atoms with van der Waals surface area (Å²) >= 11 is 0. The minimum absolute atomic E-state index is 0.146. The molecule has 1 aliphatic rings. The molecule has 0 amide bonds. The van der Waals surface area contributed by atoms with E-state index in [0.717, 1.165) is 16.7 Å². The average Bonchev–Trinajstić information content (AvgIpc) is 2.81. The van der Waals surface area contributed by atoms with E-state index in [2.05, 4.69) is 14.7 Å². The van der Waals surface area contributed by atoms with Crippen LogP contribution in [0.25, 0.3) is 11.3 Å². The number of piperidine rings is 1. The molecule has 0 unspecified atom stereocenters. The molecule has 1 saturated heterocycles. The summed E-state index contributed by atoms with van der Waals surface area (Å²) in [4.78, 5) is 22.5. The second kappa shape index (κ2) is 9.06. The van der Waals surface area contributed by atoms with Crippen molar-refractivity contribution in [3.63, 3.8) is 0 Å². The van der Waals surface area contributed by atoms with E-state index in [0.29, 0.717) is 30.9 Å². The number of pyridine rings is 2. The monoisotopic (exact) mass is 480 g/mol. The molecule has 3 aromatic rings. The number of rotatable bonds is 6. The van der Waals surface area contributed by atoms with Gasteiger partial charge in [0.25, 0.3) is 10.0 Å². The lowest BCUT2D eigenvalue weighted by Crippen LogP contribution is -2.46. The first kappa shape index (κ1) is 23.7. The number of aromatic nitrogens is 2. The van der Waals surface area contributed by atoms with Gasteiger partial charge in [-0.15, -0.1) is 0 Å². The first-order valence-corrected chi connectivity index (χ1v) is 12.6. The van der Waals surface area contributed by atoms with Gasteiger partial charge in [0.1, 0.15) is 11.6 Å². The Hall–Kier alpha value is -3.46. The zero-order valence-corrected chi connectivity index (χ0v) is 20.3. The second-order valence-electron chi connectivity index (χ2n) is 9.01. The predicted octanol–water partition coefficient (Wildman–Crippen LogP) is 4.25. The van der Waals surface area contributed by atoms with Crippen molar-refractivity contribution >= 4 is 27.6 Å². The number of nitrogens with zero attached hydrogens (tertiary/aromatic N) is 3. The summed E-state index contributed by atoms with van der Waals surface area (Å²) < 4.78 is 28.8. The molecular weight excluding hydrogens is 452 g/mol. The maximum atomic E-state index is 13.1. The van der Waals surface area contributed by atoms with Gasteiger partial charge in [0.05, 0.1) is 11.1 Å². The Morgan fingerprint density at radius 3 is 2.53 bits per heavy atom. The largest absolute Gasteiger partial charge is 0.481 e. The minimum atomic E-state index is -4.01. The van der Waals surface area contributed by atoms with Crippen molar-refractivity contribution in [2.75, 3.05) is 22.7 Å². The van der Waals surface area contributed by atoms with Gasteiger partial charge in [-0.05, 0) is 62.9 Å². The molecular formula is C25H28N4O4S. The summed E-state index contributed by atoms with van der Waals surface area (Å²) in [6.45, 7) is 6.51. The van der Waals surface area contributed by atoms with E-state index in [1.807, 2.05) is 49.1 Å². The average molecular weight is 481 g/mol. The number of nitrogens with one attached hydrogen (secondary N) is 1. The van der Waals surface area contributed by atoms with Crippen molar-refractivity contribution in [2.24, 2.45) is 5.41 Å². The Kier molecular flexibility index (Phi) is 6.31. The van der Waals surface area contributed by atoms with Gasteiger partial charge in [0.2, 0.25) is 0 Å². The Bertz CT molecular complexity index is 1340. The van der Waals surface area contributed by atoms with Crippen LogP contribution in [0.15, 0.2) is 59.6 Å². The highest BCUT2D eigenvalue weighted by atomic mass is 32.2. The van der Waals surface area contributed by atoms with Gasteiger partial charge in [-0.2, -0.15) is 8.42 Å². The smallest absolute Gasteiger partial charge is 0.311 e. The SMILES string of the molecule is Cc1ccccc1-c1nc(NS(=O)(=O)c2cccc(N3CCC[C@@](C)(C(=O)O)C3)n2)ccc1C. The van der Waals surface area contributed by atoms with Crippen LogP contribution in [-0.4, -0.2) is 42.6 Å². The quantitative estimate of drug-likeness (QED) is 0.542. The third kappa shape index (κ3) is 4.75. The number of benzene rings is 1. The highest BCUT2D eigenvalue weighted by Gasteiger charge is 2.38. The lowest BCUT2D eigenvalue weighted by Gasteiger charge is -2.38. The van der Waals surface area contributed by atoms with E-state index in [1.54, 1.807) is 25.1 Å². The van der Waals surface area contributed by atoms with Gasteiger partial charge in [-0.25, -0.2) is 9.97 Å². The van der Waals surface area contributed by atoms with Crippen LogP contribution >= 0.6 is 0 Å². The molecule has 3 heterocycles. The summed E-state index contributed by atoms with van der Waals surface area (Å²) in [6, 6.07) is 16.0. The maximum absolute atomic E-state index is 13.1. The van der Waals surface area contributed by atoms with Crippen LogP contribution in [0.2, 0.25) is 0 Å². The number of aryl methyl sites for hydroxylation is 2. The third-order valence-electron chi connectivity index (χ3n) is 6.26. The van der Waals surface area contributed by atoms with Crippen LogP contribution < -0.4 is 9.62 Å². The van der Waals surface area contributed by atoms with Crippen molar-refractivity contribution < 1.29 is 18.3 Å². The van der Waals surface area contributed by atoms with Gasteiger partial charge in [0.15, 0.2) is 5.03 Å². The molecule has 0 radical (unpaired) electrons. The molecule has 1 fully saturated rings. The fourth-order valence-electron chi connectivity index (χ4n) is 4.23. The molecule has 2 aromatic heterocycles. The lowest BCUT2D eigenvalue weighted by atomic mass is 9.82. The number of carbonyl (C=O) groups is 1. The van der Waals surface area contributed by atoms with Gasteiger partial charge >= 0.3 is 5.97 Å². The molecule has 0 saturated carbocycles. The van der Waals surface area contributed by atoms with E-state index in [-0.39, 0.29) is 17.4 Å². The molecule has 9 heteroatoms. The van der Waals surface area contributed by atoms with Crippen molar-refractivity contribution in [1.82, 2.24) is 9.97 Å². The molecule has 178 valence electrons.